The summed E-state index contributed by atoms with van der Waals surface area (Å²) < 4.78 is 79.8. The predicted molar refractivity (Wildman–Crippen MR) is 138 cm³/mol. The van der Waals surface area contributed by atoms with E-state index in [0.29, 0.717) is 5.56 Å². The number of benzene rings is 2. The van der Waals surface area contributed by atoms with Gasteiger partial charge in [-0.15, -0.1) is 0 Å². The molecule has 1 aliphatic carbocycles. The van der Waals surface area contributed by atoms with Crippen LogP contribution in [0.5, 0.6) is 0 Å². The van der Waals surface area contributed by atoms with Gasteiger partial charge >= 0.3 is 12.4 Å². The maximum atomic E-state index is 13.5. The number of aliphatic imine (C=N–C) groups is 1. The van der Waals surface area contributed by atoms with Crippen LogP contribution in [-0.2, 0) is 20.6 Å². The molecule has 7 nitrogen and oxygen atoms in total. The molecule has 1 fully saturated rings. The molecule has 2 aromatic carbocycles. The van der Waals surface area contributed by atoms with Gasteiger partial charge in [-0.3, -0.25) is 14.4 Å². The van der Waals surface area contributed by atoms with E-state index in [0.717, 1.165) is 25.0 Å². The fourth-order valence-corrected chi connectivity index (χ4v) is 4.92. The minimum Gasteiger partial charge on any atom is -0.369 e. The van der Waals surface area contributed by atoms with Gasteiger partial charge in [-0.1, -0.05) is 43.2 Å². The van der Waals surface area contributed by atoms with E-state index in [1.165, 1.54) is 18.2 Å². The van der Waals surface area contributed by atoms with Gasteiger partial charge in [0.25, 0.3) is 5.91 Å². The Bertz CT molecular complexity index is 1370. The third-order valence-corrected chi connectivity index (χ3v) is 7.24. The van der Waals surface area contributed by atoms with Gasteiger partial charge in [-0.25, -0.2) is 4.99 Å². The number of carbonyl (C=O) groups is 3. The smallest absolute Gasteiger partial charge is 0.369 e. The highest BCUT2D eigenvalue weighted by molar-refractivity contribution is 6.20. The number of nitrogens with zero attached hydrogens (tertiary/aromatic N) is 1. The number of anilines is 1. The number of nitrogens with two attached hydrogens (primary N) is 1. The standard InChI is InChI=1S/C28H28F6N4O3/c1-14-4-2-7-19-21(14)37-26(41)24(36-22(19)16-5-3-6-17(13-16)28(32,33)34)38-25(40)18(10-11-27(29,30)31)20(23(35)39)12-15-8-9-15/h2-7,13,15,18,20,24H,8-12H2,1H3,(H2,35,39)(H,37,41)(H,38,40)/t18-,20+,24-/m1/s1. The number of aryl methyl sites for hydroxylation is 1. The second-order valence-electron chi connectivity index (χ2n) is 10.4. The van der Waals surface area contributed by atoms with E-state index in [1.807, 2.05) is 0 Å². The topological polar surface area (TPSA) is 114 Å². The molecule has 41 heavy (non-hydrogen) atoms. The molecule has 4 N–H and O–H groups in total. The SMILES string of the molecule is Cc1cccc2c1NC(=O)[C@@H](NC(=O)[C@H](CCC(F)(F)F)[C@H](CC1CC1)C(N)=O)N=C2c1cccc(C(F)(F)F)c1. The minimum absolute atomic E-state index is 0.000193. The van der Waals surface area contributed by atoms with E-state index < -0.39 is 66.5 Å². The van der Waals surface area contributed by atoms with Gasteiger partial charge in [-0.2, -0.15) is 26.3 Å². The highest BCUT2D eigenvalue weighted by Crippen LogP contribution is 2.39. The molecular formula is C28H28F6N4O3. The van der Waals surface area contributed by atoms with Gasteiger partial charge in [0.1, 0.15) is 0 Å². The molecule has 0 unspecified atom stereocenters. The summed E-state index contributed by atoms with van der Waals surface area (Å²) in [5.74, 6) is -5.47. The number of hydrogen-bond donors (Lipinski definition) is 3. The molecule has 0 aromatic heterocycles. The quantitative estimate of drug-likeness (QED) is 0.357. The van der Waals surface area contributed by atoms with Crippen LogP contribution < -0.4 is 16.4 Å². The summed E-state index contributed by atoms with van der Waals surface area (Å²) in [4.78, 5) is 43.2. The summed E-state index contributed by atoms with van der Waals surface area (Å²) >= 11 is 0. The van der Waals surface area contributed by atoms with E-state index in [1.54, 1.807) is 19.1 Å². The van der Waals surface area contributed by atoms with Crippen molar-refractivity contribution in [2.45, 2.75) is 57.5 Å². The van der Waals surface area contributed by atoms with Gasteiger partial charge in [-0.05, 0) is 43.4 Å². The lowest BCUT2D eigenvalue weighted by Crippen LogP contribution is -2.48. The normalized spacial score (nSPS) is 18.9. The number of alkyl halides is 6. The number of rotatable bonds is 9. The first-order chi connectivity index (χ1) is 19.1. The van der Waals surface area contributed by atoms with E-state index >= 15 is 0 Å². The summed E-state index contributed by atoms with van der Waals surface area (Å²) in [5.41, 5.74) is 5.58. The highest BCUT2D eigenvalue weighted by Gasteiger charge is 2.41. The number of hydrogen-bond acceptors (Lipinski definition) is 4. The Labute approximate surface area is 231 Å². The van der Waals surface area contributed by atoms with Crippen molar-refractivity contribution < 1.29 is 40.7 Å². The fourth-order valence-electron chi connectivity index (χ4n) is 4.92. The second kappa shape index (κ2) is 11.5. The monoisotopic (exact) mass is 582 g/mol. The Balaban J connectivity index is 1.73. The van der Waals surface area contributed by atoms with E-state index in [2.05, 4.69) is 15.6 Å². The van der Waals surface area contributed by atoms with Crippen molar-refractivity contribution in [3.05, 3.63) is 64.7 Å². The first-order valence-electron chi connectivity index (χ1n) is 13.0. The minimum atomic E-state index is -4.67. The fraction of sp³-hybridized carbons (Fsp3) is 0.429. The highest BCUT2D eigenvalue weighted by atomic mass is 19.4. The average molecular weight is 583 g/mol. The Kier molecular flexibility index (Phi) is 8.46. The first-order valence-corrected chi connectivity index (χ1v) is 13.0. The summed E-state index contributed by atoms with van der Waals surface area (Å²) in [5, 5.41) is 4.96. The number of para-hydroxylation sites is 1. The van der Waals surface area contributed by atoms with Crippen LogP contribution in [0.1, 0.15) is 54.4 Å². The number of nitrogens with one attached hydrogen (secondary N) is 2. The number of carbonyl (C=O) groups excluding carboxylic acids is 3. The van der Waals surface area contributed by atoms with Crippen LogP contribution in [-0.4, -0.2) is 35.8 Å². The molecule has 4 rings (SSSR count). The summed E-state index contributed by atoms with van der Waals surface area (Å²) in [6.07, 6.45) is -11.5. The zero-order valence-electron chi connectivity index (χ0n) is 21.9. The van der Waals surface area contributed by atoms with Crippen LogP contribution in [0.15, 0.2) is 47.5 Å². The number of amides is 3. The number of halogens is 6. The van der Waals surface area contributed by atoms with Gasteiger partial charge in [0, 0.05) is 29.4 Å². The van der Waals surface area contributed by atoms with Crippen molar-refractivity contribution in [1.82, 2.24) is 5.32 Å². The Morgan fingerprint density at radius 3 is 2.37 bits per heavy atom. The third kappa shape index (κ3) is 7.44. The van der Waals surface area contributed by atoms with Crippen molar-refractivity contribution in [3.63, 3.8) is 0 Å². The Hall–Kier alpha value is -3.90. The lowest BCUT2D eigenvalue weighted by atomic mass is 9.83. The van der Waals surface area contributed by atoms with Crippen molar-refractivity contribution in [1.29, 1.82) is 0 Å². The van der Waals surface area contributed by atoms with Gasteiger partial charge in [0.05, 0.1) is 17.0 Å². The molecule has 220 valence electrons. The predicted octanol–water partition coefficient (Wildman–Crippen LogP) is 5.11. The average Bonchev–Trinajstić information content (AvgIpc) is 3.71. The van der Waals surface area contributed by atoms with E-state index in [9.17, 15) is 40.7 Å². The summed E-state index contributed by atoms with van der Waals surface area (Å²) in [6.45, 7) is 1.66. The van der Waals surface area contributed by atoms with Crippen LogP contribution in [0, 0.1) is 24.7 Å². The van der Waals surface area contributed by atoms with Crippen molar-refractivity contribution in [3.8, 4) is 0 Å². The largest absolute Gasteiger partial charge is 0.416 e. The molecule has 2 aromatic rings. The number of benzodiazepines with no additional fused rings is 1. The molecule has 13 heteroatoms. The van der Waals surface area contributed by atoms with Gasteiger partial charge in [0.2, 0.25) is 18.0 Å². The molecule has 0 radical (unpaired) electrons. The van der Waals surface area contributed by atoms with Crippen LogP contribution in [0.25, 0.3) is 0 Å². The van der Waals surface area contributed by atoms with Crippen molar-refractivity contribution in [2.75, 3.05) is 5.32 Å². The number of fused-ring (bicyclic) bond motifs is 1. The van der Waals surface area contributed by atoms with E-state index in [4.69, 9.17) is 5.73 Å². The maximum absolute atomic E-state index is 13.5. The lowest BCUT2D eigenvalue weighted by Gasteiger charge is -2.26. The zero-order chi connectivity index (χ0) is 30.1. The van der Waals surface area contributed by atoms with Crippen molar-refractivity contribution >= 4 is 29.1 Å². The molecule has 2 aliphatic rings. The maximum Gasteiger partial charge on any atom is 0.416 e. The molecule has 1 heterocycles. The molecule has 3 amide bonds. The molecular weight excluding hydrogens is 554 g/mol. The van der Waals surface area contributed by atoms with Crippen LogP contribution in [0.2, 0.25) is 0 Å². The van der Waals surface area contributed by atoms with Crippen LogP contribution >= 0.6 is 0 Å². The van der Waals surface area contributed by atoms with Crippen LogP contribution in [0.3, 0.4) is 0 Å². The summed E-state index contributed by atoms with van der Waals surface area (Å²) in [7, 11) is 0. The Morgan fingerprint density at radius 2 is 1.76 bits per heavy atom. The molecule has 0 bridgehead atoms. The van der Waals surface area contributed by atoms with Crippen molar-refractivity contribution in [2.24, 2.45) is 28.5 Å². The third-order valence-electron chi connectivity index (χ3n) is 7.24. The summed E-state index contributed by atoms with van der Waals surface area (Å²) in [6, 6.07) is 9.07. The molecule has 1 aliphatic heterocycles. The molecule has 0 saturated heterocycles. The lowest BCUT2D eigenvalue weighted by molar-refractivity contribution is -0.146. The Morgan fingerprint density at radius 1 is 1.07 bits per heavy atom. The first kappa shape index (κ1) is 30.1. The van der Waals surface area contributed by atoms with E-state index in [-0.39, 0.29) is 34.9 Å². The van der Waals surface area contributed by atoms with Crippen LogP contribution in [0.4, 0.5) is 32.0 Å². The second-order valence-corrected chi connectivity index (χ2v) is 10.4. The zero-order valence-corrected chi connectivity index (χ0v) is 21.9. The van der Waals surface area contributed by atoms with Gasteiger partial charge in [0.15, 0.2) is 0 Å². The number of primary amides is 1. The van der Waals surface area contributed by atoms with Gasteiger partial charge < -0.3 is 16.4 Å². The molecule has 1 saturated carbocycles. The molecule has 3 atom stereocenters. The molecule has 0 spiro atoms.